The Morgan fingerprint density at radius 1 is 1.00 bits per heavy atom. The van der Waals surface area contributed by atoms with E-state index in [0.717, 1.165) is 12.1 Å². The first kappa shape index (κ1) is 18.5. The molecule has 2 N–H and O–H groups in total. The number of rotatable bonds is 6. The molecule has 10 heteroatoms. The Hall–Kier alpha value is -2.85. The number of ether oxygens (including phenoxy) is 3. The van der Waals surface area contributed by atoms with Gasteiger partial charge in [-0.15, -0.1) is 0 Å². The van der Waals surface area contributed by atoms with Crippen LogP contribution in [0.2, 0.25) is 0 Å². The van der Waals surface area contributed by atoms with Crippen molar-refractivity contribution >= 4 is 15.7 Å². The van der Waals surface area contributed by atoms with Gasteiger partial charge in [0.1, 0.15) is 0 Å². The molecule has 2 aromatic carbocycles. The van der Waals surface area contributed by atoms with Gasteiger partial charge in [0.2, 0.25) is 15.8 Å². The van der Waals surface area contributed by atoms with Crippen LogP contribution in [-0.4, -0.2) is 34.7 Å². The fourth-order valence-electron chi connectivity index (χ4n) is 2.39. The summed E-state index contributed by atoms with van der Waals surface area (Å²) >= 11 is 0. The van der Waals surface area contributed by atoms with Gasteiger partial charge in [-0.1, -0.05) is 0 Å². The van der Waals surface area contributed by atoms with Gasteiger partial charge < -0.3 is 14.2 Å². The zero-order valence-corrected chi connectivity index (χ0v) is 14.5. The van der Waals surface area contributed by atoms with Crippen LogP contribution >= 0.6 is 0 Å². The van der Waals surface area contributed by atoms with Gasteiger partial charge in [-0.25, -0.2) is 13.6 Å². The van der Waals surface area contributed by atoms with Gasteiger partial charge >= 0.3 is 0 Å². The zero-order valence-electron chi connectivity index (χ0n) is 13.7. The largest absolute Gasteiger partial charge is 0.493 e. The predicted molar refractivity (Wildman–Crippen MR) is 89.6 cm³/mol. The molecular formula is C15H16N2O7S. The number of nitrogens with two attached hydrogens (primary N) is 1. The molecule has 0 spiro atoms. The molecule has 0 aliphatic rings. The first-order chi connectivity index (χ1) is 11.7. The average molecular weight is 368 g/mol. The van der Waals surface area contributed by atoms with Crippen molar-refractivity contribution in [3.8, 4) is 28.4 Å². The predicted octanol–water partition coefficient (Wildman–Crippen LogP) is 1.94. The molecule has 0 radical (unpaired) electrons. The fourth-order valence-corrected chi connectivity index (χ4v) is 3.11. The Bertz CT molecular complexity index is 926. The van der Waals surface area contributed by atoms with Gasteiger partial charge in [0.25, 0.3) is 5.69 Å². The van der Waals surface area contributed by atoms with Gasteiger partial charge in [-0.05, 0) is 29.8 Å². The molecule has 134 valence electrons. The highest BCUT2D eigenvalue weighted by Crippen LogP contribution is 2.45. The lowest BCUT2D eigenvalue weighted by atomic mass is 10.0. The van der Waals surface area contributed by atoms with Crippen molar-refractivity contribution in [1.29, 1.82) is 0 Å². The number of benzene rings is 2. The number of primary sulfonamides is 1. The number of methoxy groups -OCH3 is 3. The summed E-state index contributed by atoms with van der Waals surface area (Å²) in [5.74, 6) is 1.01. The summed E-state index contributed by atoms with van der Waals surface area (Å²) in [7, 11) is 0.000604. The lowest BCUT2D eigenvalue weighted by Crippen LogP contribution is -2.14. The van der Waals surface area contributed by atoms with E-state index in [9.17, 15) is 18.5 Å². The van der Waals surface area contributed by atoms with Crippen molar-refractivity contribution in [2.45, 2.75) is 4.90 Å². The molecule has 0 saturated heterocycles. The number of nitro groups is 1. The van der Waals surface area contributed by atoms with Crippen LogP contribution < -0.4 is 19.3 Å². The topological polar surface area (TPSA) is 131 Å². The number of hydrogen-bond acceptors (Lipinski definition) is 7. The highest BCUT2D eigenvalue weighted by molar-refractivity contribution is 7.89. The summed E-state index contributed by atoms with van der Waals surface area (Å²) in [6, 6.07) is 6.82. The molecular weight excluding hydrogens is 352 g/mol. The molecule has 0 fully saturated rings. The van der Waals surface area contributed by atoms with E-state index < -0.39 is 25.5 Å². The minimum atomic E-state index is -4.30. The van der Waals surface area contributed by atoms with Crippen LogP contribution in [0.1, 0.15) is 0 Å². The van der Waals surface area contributed by atoms with Crippen LogP contribution in [0.25, 0.3) is 11.1 Å². The van der Waals surface area contributed by atoms with Crippen molar-refractivity contribution in [2.24, 2.45) is 5.14 Å². The van der Waals surface area contributed by atoms with Crippen molar-refractivity contribution in [3.05, 3.63) is 40.4 Å². The second kappa shape index (κ2) is 6.95. The van der Waals surface area contributed by atoms with E-state index in [4.69, 9.17) is 19.3 Å². The second-order valence-corrected chi connectivity index (χ2v) is 6.40. The average Bonchev–Trinajstić information content (AvgIpc) is 2.58. The molecule has 0 aromatic heterocycles. The maximum atomic E-state index is 11.7. The Labute approximate surface area is 144 Å². The Morgan fingerprint density at radius 3 is 2.12 bits per heavy atom. The molecule has 25 heavy (non-hydrogen) atoms. The van der Waals surface area contributed by atoms with Crippen LogP contribution in [0.15, 0.2) is 35.2 Å². The molecule has 0 saturated carbocycles. The summed E-state index contributed by atoms with van der Waals surface area (Å²) in [6.07, 6.45) is 0. The summed E-state index contributed by atoms with van der Waals surface area (Å²) in [5.41, 5.74) is 0.207. The first-order valence-corrected chi connectivity index (χ1v) is 8.39. The summed E-state index contributed by atoms with van der Waals surface area (Å²) in [5, 5.41) is 16.2. The molecule has 0 aliphatic carbocycles. The van der Waals surface area contributed by atoms with E-state index in [1.54, 1.807) is 12.1 Å². The maximum Gasteiger partial charge on any atom is 0.289 e. The second-order valence-electron chi connectivity index (χ2n) is 4.87. The summed E-state index contributed by atoms with van der Waals surface area (Å²) < 4.78 is 39.2. The Morgan fingerprint density at radius 2 is 1.64 bits per heavy atom. The van der Waals surface area contributed by atoms with Gasteiger partial charge in [0.15, 0.2) is 16.4 Å². The minimum absolute atomic E-state index is 0.288. The lowest BCUT2D eigenvalue weighted by molar-refractivity contribution is -0.387. The third-order valence-corrected chi connectivity index (χ3v) is 4.42. The van der Waals surface area contributed by atoms with E-state index in [2.05, 4.69) is 0 Å². The van der Waals surface area contributed by atoms with E-state index in [1.807, 2.05) is 0 Å². The van der Waals surface area contributed by atoms with E-state index in [0.29, 0.717) is 22.6 Å². The number of nitro benzene ring substituents is 1. The summed E-state index contributed by atoms with van der Waals surface area (Å²) in [6.45, 7) is 0. The van der Waals surface area contributed by atoms with Crippen LogP contribution in [0.5, 0.6) is 17.2 Å². The molecule has 2 aromatic rings. The van der Waals surface area contributed by atoms with Crippen molar-refractivity contribution < 1.29 is 27.6 Å². The van der Waals surface area contributed by atoms with Crippen LogP contribution in [-0.2, 0) is 10.0 Å². The van der Waals surface area contributed by atoms with Crippen molar-refractivity contribution in [2.75, 3.05) is 21.3 Å². The Kier molecular flexibility index (Phi) is 5.14. The third kappa shape index (κ3) is 3.49. The SMILES string of the molecule is COc1ccc(-c2ccc([N+](=O)[O-])c(S(N)(=O)=O)c2)c(OC)c1OC. The van der Waals surface area contributed by atoms with Gasteiger partial charge in [-0.2, -0.15) is 0 Å². The zero-order chi connectivity index (χ0) is 18.8. The van der Waals surface area contributed by atoms with E-state index in [1.165, 1.54) is 27.4 Å². The first-order valence-electron chi connectivity index (χ1n) is 6.85. The summed E-state index contributed by atoms with van der Waals surface area (Å²) in [4.78, 5) is 9.65. The van der Waals surface area contributed by atoms with E-state index >= 15 is 0 Å². The number of hydrogen-bond donors (Lipinski definition) is 1. The molecule has 9 nitrogen and oxygen atoms in total. The smallest absolute Gasteiger partial charge is 0.289 e. The van der Waals surface area contributed by atoms with Crippen molar-refractivity contribution in [1.82, 2.24) is 0 Å². The highest BCUT2D eigenvalue weighted by Gasteiger charge is 2.25. The third-order valence-electron chi connectivity index (χ3n) is 3.48. The molecule has 0 amide bonds. The van der Waals surface area contributed by atoms with Crippen LogP contribution in [0, 0.1) is 10.1 Å². The Balaban J connectivity index is 2.77. The molecule has 0 bridgehead atoms. The minimum Gasteiger partial charge on any atom is -0.493 e. The molecule has 0 aliphatic heterocycles. The standard InChI is InChI=1S/C15H16N2O7S/c1-22-12-7-5-10(14(23-2)15(12)24-3)9-4-6-11(17(18)19)13(8-9)25(16,20)21/h4-8H,1-3H3,(H2,16,20,21). The van der Waals surface area contributed by atoms with Crippen molar-refractivity contribution in [3.63, 3.8) is 0 Å². The molecule has 2 rings (SSSR count). The number of sulfonamides is 1. The lowest BCUT2D eigenvalue weighted by Gasteiger charge is -2.16. The van der Waals surface area contributed by atoms with Gasteiger partial charge in [0, 0.05) is 11.6 Å². The highest BCUT2D eigenvalue weighted by atomic mass is 32.2. The molecule has 0 heterocycles. The van der Waals surface area contributed by atoms with Crippen LogP contribution in [0.3, 0.4) is 0 Å². The van der Waals surface area contributed by atoms with Gasteiger partial charge in [-0.3, -0.25) is 10.1 Å². The van der Waals surface area contributed by atoms with Gasteiger partial charge in [0.05, 0.1) is 26.3 Å². The monoisotopic (exact) mass is 368 g/mol. The normalized spacial score (nSPS) is 11.0. The quantitative estimate of drug-likeness (QED) is 0.609. The van der Waals surface area contributed by atoms with Crippen LogP contribution in [0.4, 0.5) is 5.69 Å². The maximum absolute atomic E-state index is 11.7. The molecule has 0 unspecified atom stereocenters. The fraction of sp³-hybridized carbons (Fsp3) is 0.200. The molecule has 0 atom stereocenters. The van der Waals surface area contributed by atoms with E-state index in [-0.39, 0.29) is 5.75 Å². The number of nitrogens with zero attached hydrogens (tertiary/aromatic N) is 1.